The molecule has 222 valence electrons. The van der Waals surface area contributed by atoms with Crippen LogP contribution in [-0.4, -0.2) is 88.5 Å². The summed E-state index contributed by atoms with van der Waals surface area (Å²) >= 11 is 1.41. The first kappa shape index (κ1) is 34.0. The number of carboxylic acids is 1. The molecule has 0 fully saturated rings. The quantitative estimate of drug-likeness (QED) is 0.0495. The molecule has 0 aliphatic carbocycles. The summed E-state index contributed by atoms with van der Waals surface area (Å²) in [6.07, 6.45) is 1.74. The SMILES string of the molecule is CSCCC(NC(=O)C(Cc1ccc(O)cc1)NC(=O)C(CCCN=C(N)N)NC(=O)C(N)CC(N)=O)C(=O)O. The molecule has 4 unspecified atom stereocenters. The molecule has 0 saturated heterocycles. The average molecular weight is 583 g/mol. The third kappa shape index (κ3) is 13.1. The van der Waals surface area contributed by atoms with Crippen molar-refractivity contribution in [3.05, 3.63) is 29.8 Å². The van der Waals surface area contributed by atoms with Crippen LogP contribution in [0.25, 0.3) is 0 Å². The monoisotopic (exact) mass is 582 g/mol. The standard InChI is InChI=1S/C24H38N8O7S/c1-40-10-8-17(23(38)39)31-22(37)18(11-13-4-6-14(33)7-5-13)32-21(36)16(3-2-9-29-24(27)28)30-20(35)15(25)12-19(26)34/h4-7,15-18,33H,2-3,8-12,25H2,1H3,(H2,26,34)(H,30,35)(H,31,37)(H,32,36)(H,38,39)(H4,27,28,29). The van der Waals surface area contributed by atoms with Gasteiger partial charge in [0.25, 0.3) is 0 Å². The van der Waals surface area contributed by atoms with Crippen molar-refractivity contribution in [2.75, 3.05) is 18.6 Å². The Morgan fingerprint density at radius 3 is 2.02 bits per heavy atom. The Morgan fingerprint density at radius 2 is 1.48 bits per heavy atom. The molecule has 0 aromatic heterocycles. The first-order valence-electron chi connectivity index (χ1n) is 12.3. The fraction of sp³-hybridized carbons (Fsp3) is 0.500. The zero-order chi connectivity index (χ0) is 30.2. The number of carboxylic acid groups (broad SMARTS) is 1. The number of aliphatic carboxylic acids is 1. The molecule has 0 heterocycles. The van der Waals surface area contributed by atoms with E-state index in [2.05, 4.69) is 20.9 Å². The van der Waals surface area contributed by atoms with E-state index in [1.807, 2.05) is 0 Å². The number of nitrogens with one attached hydrogen (secondary N) is 3. The van der Waals surface area contributed by atoms with Crippen molar-refractivity contribution in [3.63, 3.8) is 0 Å². The van der Waals surface area contributed by atoms with E-state index in [-0.39, 0.29) is 43.9 Å². The van der Waals surface area contributed by atoms with E-state index < -0.39 is 60.2 Å². The van der Waals surface area contributed by atoms with Crippen molar-refractivity contribution < 1.29 is 34.2 Å². The van der Waals surface area contributed by atoms with Crippen LogP contribution in [0.2, 0.25) is 0 Å². The smallest absolute Gasteiger partial charge is 0.326 e. The molecule has 4 atom stereocenters. The number of nitrogens with zero attached hydrogens (tertiary/aromatic N) is 1. The van der Waals surface area contributed by atoms with E-state index in [1.165, 1.54) is 23.9 Å². The predicted molar refractivity (Wildman–Crippen MR) is 150 cm³/mol. The Hall–Kier alpha value is -4.05. The third-order valence-electron chi connectivity index (χ3n) is 5.57. The number of amides is 4. The van der Waals surface area contributed by atoms with Gasteiger partial charge in [-0.05, 0) is 49.0 Å². The zero-order valence-corrected chi connectivity index (χ0v) is 23.0. The Bertz CT molecular complexity index is 1050. The van der Waals surface area contributed by atoms with Gasteiger partial charge in [-0.3, -0.25) is 24.2 Å². The Balaban J connectivity index is 3.18. The molecule has 1 aromatic rings. The van der Waals surface area contributed by atoms with Crippen molar-refractivity contribution in [3.8, 4) is 5.75 Å². The molecule has 40 heavy (non-hydrogen) atoms. The number of aliphatic imine (C=N–C) groups is 1. The van der Waals surface area contributed by atoms with Crippen LogP contribution in [0, 0.1) is 0 Å². The molecule has 1 aromatic carbocycles. The van der Waals surface area contributed by atoms with Crippen molar-refractivity contribution in [2.45, 2.75) is 56.3 Å². The highest BCUT2D eigenvalue weighted by atomic mass is 32.2. The molecule has 1 rings (SSSR count). The lowest BCUT2D eigenvalue weighted by Gasteiger charge is -2.25. The second-order valence-electron chi connectivity index (χ2n) is 8.90. The maximum Gasteiger partial charge on any atom is 0.326 e. The number of phenols is 1. The van der Waals surface area contributed by atoms with Crippen molar-refractivity contribution in [2.24, 2.45) is 27.9 Å². The molecule has 0 aliphatic heterocycles. The van der Waals surface area contributed by atoms with Crippen LogP contribution in [0.4, 0.5) is 0 Å². The lowest BCUT2D eigenvalue weighted by atomic mass is 10.0. The largest absolute Gasteiger partial charge is 0.508 e. The van der Waals surface area contributed by atoms with Crippen LogP contribution >= 0.6 is 11.8 Å². The Kier molecular flexibility index (Phi) is 14.9. The van der Waals surface area contributed by atoms with E-state index in [0.717, 1.165) is 0 Å². The molecule has 15 nitrogen and oxygen atoms in total. The number of carbonyl (C=O) groups excluding carboxylic acids is 4. The minimum atomic E-state index is -1.31. The molecule has 4 amide bonds. The lowest BCUT2D eigenvalue weighted by molar-refractivity contribution is -0.142. The van der Waals surface area contributed by atoms with Gasteiger partial charge in [-0.1, -0.05) is 12.1 Å². The van der Waals surface area contributed by atoms with E-state index >= 15 is 0 Å². The molecule has 0 saturated carbocycles. The molecule has 13 N–H and O–H groups in total. The molecular formula is C24H38N8O7S. The van der Waals surface area contributed by atoms with Crippen LogP contribution < -0.4 is 38.9 Å². The van der Waals surface area contributed by atoms with Gasteiger partial charge in [-0.25, -0.2) is 4.79 Å². The molecule has 0 bridgehead atoms. The van der Waals surface area contributed by atoms with E-state index in [4.69, 9.17) is 22.9 Å². The molecule has 16 heteroatoms. The van der Waals surface area contributed by atoms with Gasteiger partial charge in [0.15, 0.2) is 5.96 Å². The highest BCUT2D eigenvalue weighted by Crippen LogP contribution is 2.12. The number of hydrogen-bond acceptors (Lipinski definition) is 9. The summed E-state index contributed by atoms with van der Waals surface area (Å²) in [6.45, 7) is 0.141. The van der Waals surface area contributed by atoms with Gasteiger partial charge in [-0.2, -0.15) is 11.8 Å². The predicted octanol–water partition coefficient (Wildman–Crippen LogP) is -2.52. The van der Waals surface area contributed by atoms with Crippen LogP contribution in [-0.2, 0) is 30.4 Å². The van der Waals surface area contributed by atoms with E-state index in [1.54, 1.807) is 18.4 Å². The topological polar surface area (TPSA) is 278 Å². The van der Waals surface area contributed by atoms with Crippen LogP contribution in [0.5, 0.6) is 5.75 Å². The van der Waals surface area contributed by atoms with Gasteiger partial charge in [0.2, 0.25) is 23.6 Å². The number of guanidine groups is 1. The number of rotatable bonds is 18. The minimum Gasteiger partial charge on any atom is -0.508 e. The first-order chi connectivity index (χ1) is 18.8. The van der Waals surface area contributed by atoms with Crippen LogP contribution in [0.3, 0.4) is 0 Å². The van der Waals surface area contributed by atoms with E-state index in [9.17, 15) is 34.2 Å². The average Bonchev–Trinajstić information content (AvgIpc) is 2.87. The van der Waals surface area contributed by atoms with Crippen molar-refractivity contribution >= 4 is 47.3 Å². The van der Waals surface area contributed by atoms with Gasteiger partial charge in [0.1, 0.15) is 23.9 Å². The third-order valence-corrected chi connectivity index (χ3v) is 6.21. The van der Waals surface area contributed by atoms with Crippen molar-refractivity contribution in [1.29, 1.82) is 0 Å². The minimum absolute atomic E-state index is 0.00681. The fourth-order valence-corrected chi connectivity index (χ4v) is 3.95. The summed E-state index contributed by atoms with van der Waals surface area (Å²) in [7, 11) is 0. The highest BCUT2D eigenvalue weighted by molar-refractivity contribution is 7.98. The fourth-order valence-electron chi connectivity index (χ4n) is 3.48. The Labute approximate surface area is 235 Å². The first-order valence-corrected chi connectivity index (χ1v) is 13.7. The molecule has 0 spiro atoms. The van der Waals surface area contributed by atoms with E-state index in [0.29, 0.717) is 11.3 Å². The van der Waals surface area contributed by atoms with Gasteiger partial charge in [-0.15, -0.1) is 0 Å². The van der Waals surface area contributed by atoms with Gasteiger partial charge < -0.3 is 49.1 Å². The summed E-state index contributed by atoms with van der Waals surface area (Å²) in [6, 6.07) is 0.931. The number of benzene rings is 1. The van der Waals surface area contributed by atoms with Crippen LogP contribution in [0.1, 0.15) is 31.2 Å². The second kappa shape index (κ2) is 17.5. The molecule has 0 aliphatic rings. The number of nitrogens with two attached hydrogens (primary N) is 4. The zero-order valence-electron chi connectivity index (χ0n) is 22.2. The normalized spacial score (nSPS) is 13.7. The molecule has 0 radical (unpaired) electrons. The maximum absolute atomic E-state index is 13.3. The molecular weight excluding hydrogens is 544 g/mol. The number of aromatic hydroxyl groups is 1. The Morgan fingerprint density at radius 1 is 0.900 bits per heavy atom. The van der Waals surface area contributed by atoms with Gasteiger partial charge >= 0.3 is 5.97 Å². The lowest BCUT2D eigenvalue weighted by Crippen LogP contribution is -2.57. The maximum atomic E-state index is 13.3. The summed E-state index contributed by atoms with van der Waals surface area (Å²) in [5, 5.41) is 26.6. The van der Waals surface area contributed by atoms with Crippen LogP contribution in [0.15, 0.2) is 29.3 Å². The number of carbonyl (C=O) groups is 5. The van der Waals surface area contributed by atoms with Gasteiger partial charge in [0, 0.05) is 13.0 Å². The number of hydrogen-bond donors (Lipinski definition) is 9. The highest BCUT2D eigenvalue weighted by Gasteiger charge is 2.30. The summed E-state index contributed by atoms with van der Waals surface area (Å²) < 4.78 is 0. The number of primary amides is 1. The number of thioether (sulfide) groups is 1. The number of phenolic OH excluding ortho intramolecular Hbond substituents is 1. The van der Waals surface area contributed by atoms with Gasteiger partial charge in [0.05, 0.1) is 12.5 Å². The van der Waals surface area contributed by atoms with Crippen molar-refractivity contribution in [1.82, 2.24) is 16.0 Å². The second-order valence-corrected chi connectivity index (χ2v) is 9.89. The summed E-state index contributed by atoms with van der Waals surface area (Å²) in [4.78, 5) is 65.7. The summed E-state index contributed by atoms with van der Waals surface area (Å²) in [5.41, 5.74) is 22.0. The summed E-state index contributed by atoms with van der Waals surface area (Å²) in [5.74, 6) is -4.07.